The third kappa shape index (κ3) is 5.63. The molecule has 0 bridgehead atoms. The molecule has 2 amide bonds. The fourth-order valence-corrected chi connectivity index (χ4v) is 3.87. The monoisotopic (exact) mass is 400 g/mol. The fourth-order valence-electron chi connectivity index (χ4n) is 3.87. The van der Waals surface area contributed by atoms with E-state index in [2.05, 4.69) is 35.6 Å². The lowest BCUT2D eigenvalue weighted by atomic mass is 9.90. The minimum atomic E-state index is -0.0221. The molecule has 1 N–H and O–H groups in total. The highest BCUT2D eigenvalue weighted by Crippen LogP contribution is 2.23. The van der Waals surface area contributed by atoms with Crippen LogP contribution < -0.4 is 10.1 Å². The molecule has 1 heterocycles. The van der Waals surface area contributed by atoms with Gasteiger partial charge in [-0.3, -0.25) is 0 Å². The molecule has 4 heteroatoms. The first-order valence-corrected chi connectivity index (χ1v) is 10.6. The smallest absolute Gasteiger partial charge is 0.321 e. The molecular formula is C26H28N2O2. The van der Waals surface area contributed by atoms with Gasteiger partial charge in [0.15, 0.2) is 0 Å². The van der Waals surface area contributed by atoms with E-state index in [1.807, 2.05) is 59.5 Å². The minimum absolute atomic E-state index is 0.0221. The fraction of sp³-hybridized carbons (Fsp3) is 0.269. The topological polar surface area (TPSA) is 41.6 Å². The lowest BCUT2D eigenvalue weighted by Gasteiger charge is -2.32. The first-order valence-electron chi connectivity index (χ1n) is 10.6. The summed E-state index contributed by atoms with van der Waals surface area (Å²) in [6.45, 7) is 2.15. The summed E-state index contributed by atoms with van der Waals surface area (Å²) in [4.78, 5) is 14.5. The Morgan fingerprint density at radius 3 is 2.07 bits per heavy atom. The van der Waals surface area contributed by atoms with Gasteiger partial charge in [-0.15, -0.1) is 0 Å². The number of likely N-dealkylation sites (tertiary alicyclic amines) is 1. The van der Waals surface area contributed by atoms with Crippen molar-refractivity contribution >= 4 is 11.7 Å². The Balaban J connectivity index is 1.22. The van der Waals surface area contributed by atoms with Crippen LogP contribution in [0.15, 0.2) is 84.9 Å². The zero-order chi connectivity index (χ0) is 20.6. The molecule has 0 aromatic heterocycles. The predicted molar refractivity (Wildman–Crippen MR) is 121 cm³/mol. The number of piperidine rings is 1. The van der Waals surface area contributed by atoms with Crippen LogP contribution in [0.25, 0.3) is 0 Å². The van der Waals surface area contributed by atoms with E-state index in [0.717, 1.165) is 49.4 Å². The van der Waals surface area contributed by atoms with Gasteiger partial charge in [-0.1, -0.05) is 60.7 Å². The highest BCUT2D eigenvalue weighted by molar-refractivity contribution is 5.89. The zero-order valence-electron chi connectivity index (χ0n) is 17.2. The Bertz CT molecular complexity index is 918. The van der Waals surface area contributed by atoms with E-state index in [4.69, 9.17) is 4.74 Å². The molecular weight excluding hydrogens is 372 g/mol. The second-order valence-corrected chi connectivity index (χ2v) is 7.85. The number of anilines is 1. The van der Waals surface area contributed by atoms with Crippen molar-refractivity contribution in [2.24, 2.45) is 5.92 Å². The molecule has 0 radical (unpaired) electrons. The van der Waals surface area contributed by atoms with Gasteiger partial charge in [0, 0.05) is 18.8 Å². The zero-order valence-corrected chi connectivity index (χ0v) is 17.2. The van der Waals surface area contributed by atoms with E-state index < -0.39 is 0 Å². The highest BCUT2D eigenvalue weighted by atomic mass is 16.5. The van der Waals surface area contributed by atoms with Crippen molar-refractivity contribution < 1.29 is 9.53 Å². The number of urea groups is 1. The molecule has 0 aliphatic carbocycles. The van der Waals surface area contributed by atoms with Gasteiger partial charge in [0.2, 0.25) is 0 Å². The Labute approximate surface area is 178 Å². The molecule has 3 aromatic rings. The summed E-state index contributed by atoms with van der Waals surface area (Å²) in [7, 11) is 0. The van der Waals surface area contributed by atoms with Gasteiger partial charge in [-0.2, -0.15) is 0 Å². The Hall–Kier alpha value is -3.27. The van der Waals surface area contributed by atoms with Crippen LogP contribution in [0.2, 0.25) is 0 Å². The van der Waals surface area contributed by atoms with Gasteiger partial charge < -0.3 is 15.0 Å². The van der Waals surface area contributed by atoms with Gasteiger partial charge in [0.05, 0.1) is 0 Å². The number of benzene rings is 3. The third-order valence-corrected chi connectivity index (χ3v) is 5.62. The van der Waals surface area contributed by atoms with Gasteiger partial charge >= 0.3 is 6.03 Å². The summed E-state index contributed by atoms with van der Waals surface area (Å²) in [6, 6.07) is 28.2. The van der Waals surface area contributed by atoms with Crippen LogP contribution in [-0.4, -0.2) is 24.0 Å². The SMILES string of the molecule is O=C(Nc1ccc(OCc2ccccc2)cc1)N1CCC(Cc2ccccc2)CC1. The number of carbonyl (C=O) groups is 1. The van der Waals surface area contributed by atoms with E-state index in [-0.39, 0.29) is 6.03 Å². The number of nitrogens with zero attached hydrogens (tertiary/aromatic N) is 1. The van der Waals surface area contributed by atoms with Crippen LogP contribution in [0, 0.1) is 5.92 Å². The molecule has 3 aromatic carbocycles. The molecule has 1 fully saturated rings. The van der Waals surface area contributed by atoms with Gasteiger partial charge in [0.25, 0.3) is 0 Å². The van der Waals surface area contributed by atoms with Crippen LogP contribution in [0.4, 0.5) is 10.5 Å². The lowest BCUT2D eigenvalue weighted by molar-refractivity contribution is 0.182. The van der Waals surface area contributed by atoms with Crippen molar-refractivity contribution in [3.8, 4) is 5.75 Å². The van der Waals surface area contributed by atoms with Gasteiger partial charge in [-0.25, -0.2) is 4.79 Å². The van der Waals surface area contributed by atoms with E-state index in [1.165, 1.54) is 5.56 Å². The average molecular weight is 401 g/mol. The summed E-state index contributed by atoms with van der Waals surface area (Å²) in [5, 5.41) is 3.01. The lowest BCUT2D eigenvalue weighted by Crippen LogP contribution is -2.41. The molecule has 4 rings (SSSR count). The number of hydrogen-bond acceptors (Lipinski definition) is 2. The summed E-state index contributed by atoms with van der Waals surface area (Å²) >= 11 is 0. The molecule has 0 unspecified atom stereocenters. The van der Waals surface area contributed by atoms with E-state index in [0.29, 0.717) is 12.5 Å². The van der Waals surface area contributed by atoms with E-state index in [9.17, 15) is 4.79 Å². The largest absolute Gasteiger partial charge is 0.489 e. The Morgan fingerprint density at radius 2 is 1.43 bits per heavy atom. The average Bonchev–Trinajstić information content (AvgIpc) is 2.80. The van der Waals surface area contributed by atoms with Crippen LogP contribution >= 0.6 is 0 Å². The molecule has 0 saturated carbocycles. The normalized spacial score (nSPS) is 14.3. The van der Waals surface area contributed by atoms with Gasteiger partial charge in [-0.05, 0) is 60.6 Å². The molecule has 1 saturated heterocycles. The maximum absolute atomic E-state index is 12.6. The van der Waals surface area contributed by atoms with Crippen molar-refractivity contribution in [3.05, 3.63) is 96.1 Å². The summed E-state index contributed by atoms with van der Waals surface area (Å²) in [5.74, 6) is 1.44. The van der Waals surface area contributed by atoms with Crippen molar-refractivity contribution in [1.82, 2.24) is 4.90 Å². The molecule has 0 atom stereocenters. The van der Waals surface area contributed by atoms with Crippen molar-refractivity contribution in [2.45, 2.75) is 25.9 Å². The standard InChI is InChI=1S/C26H28N2O2/c29-26(28-17-15-22(16-18-28)19-21-7-3-1-4-8-21)27-24-11-13-25(14-12-24)30-20-23-9-5-2-6-10-23/h1-14,22H,15-20H2,(H,27,29). The number of carbonyl (C=O) groups excluding carboxylic acids is 1. The highest BCUT2D eigenvalue weighted by Gasteiger charge is 2.23. The van der Waals surface area contributed by atoms with Crippen LogP contribution in [0.5, 0.6) is 5.75 Å². The number of amides is 2. The number of rotatable bonds is 6. The minimum Gasteiger partial charge on any atom is -0.489 e. The quantitative estimate of drug-likeness (QED) is 0.572. The first-order chi connectivity index (χ1) is 14.8. The predicted octanol–water partition coefficient (Wildman–Crippen LogP) is 5.75. The molecule has 4 nitrogen and oxygen atoms in total. The maximum atomic E-state index is 12.6. The van der Waals surface area contributed by atoms with E-state index in [1.54, 1.807) is 0 Å². The second-order valence-electron chi connectivity index (χ2n) is 7.85. The third-order valence-electron chi connectivity index (χ3n) is 5.62. The van der Waals surface area contributed by atoms with Crippen molar-refractivity contribution in [3.63, 3.8) is 0 Å². The summed E-state index contributed by atoms with van der Waals surface area (Å²) in [5.41, 5.74) is 3.30. The number of hydrogen-bond donors (Lipinski definition) is 1. The van der Waals surface area contributed by atoms with Gasteiger partial charge in [0.1, 0.15) is 12.4 Å². The van der Waals surface area contributed by atoms with Crippen LogP contribution in [0.1, 0.15) is 24.0 Å². The number of ether oxygens (including phenoxy) is 1. The Kier molecular flexibility index (Phi) is 6.65. The van der Waals surface area contributed by atoms with Crippen LogP contribution in [0.3, 0.4) is 0 Å². The second kappa shape index (κ2) is 9.97. The molecule has 0 spiro atoms. The number of nitrogens with one attached hydrogen (secondary N) is 1. The van der Waals surface area contributed by atoms with Crippen molar-refractivity contribution in [2.75, 3.05) is 18.4 Å². The molecule has 1 aliphatic rings. The molecule has 1 aliphatic heterocycles. The van der Waals surface area contributed by atoms with Crippen molar-refractivity contribution in [1.29, 1.82) is 0 Å². The summed E-state index contributed by atoms with van der Waals surface area (Å²) < 4.78 is 5.81. The molecule has 154 valence electrons. The van der Waals surface area contributed by atoms with E-state index >= 15 is 0 Å². The van der Waals surface area contributed by atoms with Crippen LogP contribution in [-0.2, 0) is 13.0 Å². The summed E-state index contributed by atoms with van der Waals surface area (Å²) in [6.07, 6.45) is 3.20. The maximum Gasteiger partial charge on any atom is 0.321 e. The molecule has 30 heavy (non-hydrogen) atoms. The Morgan fingerprint density at radius 1 is 0.833 bits per heavy atom. The first kappa shape index (κ1) is 20.0.